The first kappa shape index (κ1) is 15.4. The van der Waals surface area contributed by atoms with E-state index in [1.807, 2.05) is 30.3 Å². The number of rotatable bonds is 4. The molecule has 0 aliphatic carbocycles. The molecule has 1 aromatic heterocycles. The highest BCUT2D eigenvalue weighted by Crippen LogP contribution is 2.31. The number of hydrogen-bond acceptors (Lipinski definition) is 2. The molecule has 2 heteroatoms. The van der Waals surface area contributed by atoms with Gasteiger partial charge in [0.25, 0.3) is 0 Å². The molecule has 0 atom stereocenters. The fourth-order valence-corrected chi connectivity index (χ4v) is 2.68. The lowest BCUT2D eigenvalue weighted by atomic mass is 9.96. The molecule has 0 radical (unpaired) electrons. The second-order valence-corrected chi connectivity index (χ2v) is 6.00. The van der Waals surface area contributed by atoms with Gasteiger partial charge in [0.1, 0.15) is 0 Å². The summed E-state index contributed by atoms with van der Waals surface area (Å²) in [5.74, 6) is 0.521. The number of hydrogen-bond donors (Lipinski definition) is 1. The Labute approximate surface area is 137 Å². The van der Waals surface area contributed by atoms with Gasteiger partial charge in [0.15, 0.2) is 0 Å². The molecule has 0 bridgehead atoms. The van der Waals surface area contributed by atoms with Crippen LogP contribution in [-0.4, -0.2) is 10.1 Å². The molecular weight excluding hydrogens is 282 g/mol. The molecule has 3 rings (SSSR count). The van der Waals surface area contributed by atoms with Crippen LogP contribution in [-0.2, 0) is 6.61 Å². The topological polar surface area (TPSA) is 33.1 Å². The van der Waals surface area contributed by atoms with Crippen LogP contribution in [0.15, 0.2) is 66.7 Å². The number of nitrogens with zero attached hydrogens (tertiary/aromatic N) is 1. The normalized spacial score (nSPS) is 11.0. The van der Waals surface area contributed by atoms with Gasteiger partial charge in [0.2, 0.25) is 0 Å². The molecule has 2 aromatic carbocycles. The van der Waals surface area contributed by atoms with E-state index in [-0.39, 0.29) is 6.61 Å². The summed E-state index contributed by atoms with van der Waals surface area (Å²) < 4.78 is 0. The molecule has 0 aliphatic rings. The minimum Gasteiger partial charge on any atom is -0.390 e. The Balaban J connectivity index is 2.11. The maximum absolute atomic E-state index is 9.41. The average Bonchev–Trinajstić information content (AvgIpc) is 2.62. The van der Waals surface area contributed by atoms with Gasteiger partial charge < -0.3 is 5.11 Å². The number of aliphatic hydroxyl groups is 1. The van der Waals surface area contributed by atoms with Crippen molar-refractivity contribution >= 4 is 0 Å². The fourth-order valence-electron chi connectivity index (χ4n) is 2.68. The van der Waals surface area contributed by atoms with Crippen LogP contribution in [0.2, 0.25) is 0 Å². The second kappa shape index (κ2) is 6.76. The molecule has 116 valence electrons. The molecule has 1 heterocycles. The number of pyridine rings is 1. The van der Waals surface area contributed by atoms with Gasteiger partial charge in [0.05, 0.1) is 18.0 Å². The average molecular weight is 303 g/mol. The highest BCUT2D eigenvalue weighted by molar-refractivity contribution is 5.80. The van der Waals surface area contributed by atoms with Crippen LogP contribution >= 0.6 is 0 Å². The van der Waals surface area contributed by atoms with Crippen LogP contribution in [0, 0.1) is 0 Å². The van der Waals surface area contributed by atoms with E-state index in [1.165, 1.54) is 5.56 Å². The molecule has 0 unspecified atom stereocenters. The van der Waals surface area contributed by atoms with E-state index in [0.29, 0.717) is 11.6 Å². The summed E-state index contributed by atoms with van der Waals surface area (Å²) in [6.07, 6.45) is 0. The Morgan fingerprint density at radius 2 is 1.52 bits per heavy atom. The molecule has 3 aromatic rings. The van der Waals surface area contributed by atoms with E-state index in [2.05, 4.69) is 55.2 Å². The first-order chi connectivity index (χ1) is 11.2. The molecule has 0 fully saturated rings. The van der Waals surface area contributed by atoms with E-state index in [1.54, 1.807) is 0 Å². The third-order valence-corrected chi connectivity index (χ3v) is 4.05. The highest BCUT2D eigenvalue weighted by Gasteiger charge is 2.10. The van der Waals surface area contributed by atoms with E-state index in [9.17, 15) is 5.11 Å². The maximum atomic E-state index is 9.41. The minimum absolute atomic E-state index is 0.0492. The summed E-state index contributed by atoms with van der Waals surface area (Å²) in [4.78, 5) is 4.65. The Kier molecular flexibility index (Phi) is 4.54. The van der Waals surface area contributed by atoms with Crippen molar-refractivity contribution in [2.45, 2.75) is 26.4 Å². The zero-order valence-electron chi connectivity index (χ0n) is 13.5. The van der Waals surface area contributed by atoms with Crippen LogP contribution in [0.25, 0.3) is 22.4 Å². The Morgan fingerprint density at radius 1 is 0.826 bits per heavy atom. The van der Waals surface area contributed by atoms with Crippen molar-refractivity contribution in [2.24, 2.45) is 0 Å². The molecule has 0 saturated heterocycles. The van der Waals surface area contributed by atoms with Gasteiger partial charge in [-0.1, -0.05) is 74.5 Å². The summed E-state index contributed by atoms with van der Waals surface area (Å²) >= 11 is 0. The molecule has 23 heavy (non-hydrogen) atoms. The van der Waals surface area contributed by atoms with Crippen LogP contribution in [0.1, 0.15) is 31.0 Å². The SMILES string of the molecule is CC(C)c1ccc(-c2ccc(CO)nc2-c2ccccc2)cc1. The van der Waals surface area contributed by atoms with E-state index in [4.69, 9.17) is 0 Å². The third-order valence-electron chi connectivity index (χ3n) is 4.05. The summed E-state index contributed by atoms with van der Waals surface area (Å²) in [6.45, 7) is 4.34. The summed E-state index contributed by atoms with van der Waals surface area (Å²) in [5.41, 5.74) is 6.22. The molecule has 2 nitrogen and oxygen atoms in total. The number of aromatic nitrogens is 1. The Bertz CT molecular complexity index is 777. The quantitative estimate of drug-likeness (QED) is 0.733. The van der Waals surface area contributed by atoms with Crippen molar-refractivity contribution in [3.05, 3.63) is 78.0 Å². The molecule has 0 spiro atoms. The van der Waals surface area contributed by atoms with Gasteiger partial charge in [0, 0.05) is 11.1 Å². The number of benzene rings is 2. The molecule has 0 amide bonds. The predicted molar refractivity (Wildman–Crippen MR) is 95.1 cm³/mol. The second-order valence-electron chi connectivity index (χ2n) is 6.00. The summed E-state index contributed by atoms with van der Waals surface area (Å²) in [6, 6.07) is 22.7. The minimum atomic E-state index is -0.0492. The van der Waals surface area contributed by atoms with Gasteiger partial charge in [-0.05, 0) is 23.1 Å². The highest BCUT2D eigenvalue weighted by atomic mass is 16.3. The monoisotopic (exact) mass is 303 g/mol. The van der Waals surface area contributed by atoms with E-state index in [0.717, 1.165) is 22.4 Å². The van der Waals surface area contributed by atoms with Crippen LogP contribution in [0.5, 0.6) is 0 Å². The van der Waals surface area contributed by atoms with Crippen molar-refractivity contribution < 1.29 is 5.11 Å². The van der Waals surface area contributed by atoms with Gasteiger partial charge in [-0.25, -0.2) is 4.98 Å². The molecule has 0 saturated carbocycles. The predicted octanol–water partition coefficient (Wildman–Crippen LogP) is 5.03. The van der Waals surface area contributed by atoms with Crippen molar-refractivity contribution in [3.8, 4) is 22.4 Å². The van der Waals surface area contributed by atoms with Crippen molar-refractivity contribution in [3.63, 3.8) is 0 Å². The zero-order valence-corrected chi connectivity index (χ0v) is 13.5. The lowest BCUT2D eigenvalue weighted by Crippen LogP contribution is -1.95. The van der Waals surface area contributed by atoms with Gasteiger partial charge in [-0.2, -0.15) is 0 Å². The van der Waals surface area contributed by atoms with Crippen molar-refractivity contribution in [1.82, 2.24) is 4.98 Å². The van der Waals surface area contributed by atoms with Crippen LogP contribution in [0.3, 0.4) is 0 Å². The summed E-state index contributed by atoms with van der Waals surface area (Å²) in [7, 11) is 0. The maximum Gasteiger partial charge on any atom is 0.0853 e. The molecular formula is C21H21NO. The number of aliphatic hydroxyl groups excluding tert-OH is 1. The first-order valence-electron chi connectivity index (χ1n) is 7.95. The van der Waals surface area contributed by atoms with Crippen molar-refractivity contribution in [2.75, 3.05) is 0 Å². The largest absolute Gasteiger partial charge is 0.390 e. The van der Waals surface area contributed by atoms with E-state index >= 15 is 0 Å². The van der Waals surface area contributed by atoms with E-state index < -0.39 is 0 Å². The lowest BCUT2D eigenvalue weighted by molar-refractivity contribution is 0.277. The van der Waals surface area contributed by atoms with Crippen molar-refractivity contribution in [1.29, 1.82) is 0 Å². The smallest absolute Gasteiger partial charge is 0.0853 e. The molecule has 0 aliphatic heterocycles. The van der Waals surface area contributed by atoms with Crippen LogP contribution < -0.4 is 0 Å². The Morgan fingerprint density at radius 3 is 2.13 bits per heavy atom. The summed E-state index contributed by atoms with van der Waals surface area (Å²) in [5, 5.41) is 9.41. The lowest BCUT2D eigenvalue weighted by Gasteiger charge is -2.12. The fraction of sp³-hybridized carbons (Fsp3) is 0.190. The molecule has 1 N–H and O–H groups in total. The Hall–Kier alpha value is -2.45. The van der Waals surface area contributed by atoms with Gasteiger partial charge >= 0.3 is 0 Å². The zero-order chi connectivity index (χ0) is 16.2. The van der Waals surface area contributed by atoms with Gasteiger partial charge in [-0.15, -0.1) is 0 Å². The third kappa shape index (κ3) is 3.33. The van der Waals surface area contributed by atoms with Gasteiger partial charge in [-0.3, -0.25) is 0 Å². The first-order valence-corrected chi connectivity index (χ1v) is 7.95. The van der Waals surface area contributed by atoms with Crippen LogP contribution in [0.4, 0.5) is 0 Å². The standard InChI is InChI=1S/C21H21NO/c1-15(2)16-8-10-17(11-9-16)20-13-12-19(14-23)22-21(20)18-6-4-3-5-7-18/h3-13,15,23H,14H2,1-2H3.